The van der Waals surface area contributed by atoms with Crippen LogP contribution in [0.2, 0.25) is 0 Å². The number of hydrogen-bond donors (Lipinski definition) is 3. The molecule has 1 aliphatic rings. The molecule has 4 rings (SSSR count). The lowest BCUT2D eigenvalue weighted by Crippen LogP contribution is -2.43. The van der Waals surface area contributed by atoms with Gasteiger partial charge in [-0.15, -0.1) is 0 Å². The van der Waals surface area contributed by atoms with E-state index >= 15 is 0 Å². The monoisotopic (exact) mass is 458 g/mol. The number of carbonyl (C=O) groups excluding carboxylic acids is 2. The zero-order chi connectivity index (χ0) is 23.9. The number of aromatic nitrogens is 2. The Morgan fingerprint density at radius 1 is 1.12 bits per heavy atom. The third-order valence-corrected chi connectivity index (χ3v) is 5.91. The van der Waals surface area contributed by atoms with Gasteiger partial charge in [-0.3, -0.25) is 9.59 Å². The zero-order valence-electron chi connectivity index (χ0n) is 19.3. The molecule has 1 atom stereocenters. The van der Waals surface area contributed by atoms with Crippen molar-refractivity contribution in [3.8, 4) is 0 Å². The molecule has 0 spiro atoms. The van der Waals surface area contributed by atoms with E-state index in [4.69, 9.17) is 5.73 Å². The highest BCUT2D eigenvalue weighted by Crippen LogP contribution is 2.23. The average Bonchev–Trinajstić information content (AvgIpc) is 2.83. The van der Waals surface area contributed by atoms with Crippen LogP contribution in [0, 0.1) is 12.8 Å². The second-order valence-electron chi connectivity index (χ2n) is 8.70. The number of aryl methyl sites for hydroxylation is 1. The molecule has 0 unspecified atom stereocenters. The molecule has 1 saturated heterocycles. The van der Waals surface area contributed by atoms with Crippen LogP contribution >= 0.6 is 0 Å². The van der Waals surface area contributed by atoms with Crippen LogP contribution in [-0.4, -0.2) is 34.9 Å². The first-order chi connectivity index (χ1) is 16.5. The third kappa shape index (κ3) is 6.31. The molecule has 1 aliphatic heterocycles. The predicted octanol–water partition coefficient (Wildman–Crippen LogP) is 3.09. The number of amides is 2. The standard InChI is InChI=1S/C26H30N6O2/c1-18-7-9-19(10-8-18)16-29-25(34)21-5-3-13-32(17-21)24-11-12-28-26(31-24)30-22-6-2-4-20(14-22)15-23(27)33/h2,4,6-12,14,21H,3,5,13,15-17H2,1H3,(H2,27,33)(H,29,34)(H,28,30,31)/t21-/m0/s1. The van der Waals surface area contributed by atoms with Crippen molar-refractivity contribution >= 4 is 29.3 Å². The maximum atomic E-state index is 12.8. The number of anilines is 3. The Labute approximate surface area is 199 Å². The molecule has 1 aromatic heterocycles. The first-order valence-electron chi connectivity index (χ1n) is 11.5. The van der Waals surface area contributed by atoms with Crippen molar-refractivity contribution in [3.05, 3.63) is 77.5 Å². The van der Waals surface area contributed by atoms with Gasteiger partial charge in [0.15, 0.2) is 0 Å². The largest absolute Gasteiger partial charge is 0.369 e. The molecule has 0 aliphatic carbocycles. The summed E-state index contributed by atoms with van der Waals surface area (Å²) in [5.74, 6) is 0.847. The van der Waals surface area contributed by atoms with Gasteiger partial charge in [0, 0.05) is 31.5 Å². The minimum atomic E-state index is -0.377. The van der Waals surface area contributed by atoms with Gasteiger partial charge in [0.25, 0.3) is 0 Å². The normalized spacial score (nSPS) is 15.6. The molecule has 8 heteroatoms. The van der Waals surface area contributed by atoms with E-state index in [-0.39, 0.29) is 24.2 Å². The smallest absolute Gasteiger partial charge is 0.229 e. The Hall–Kier alpha value is -3.94. The topological polar surface area (TPSA) is 113 Å². The van der Waals surface area contributed by atoms with E-state index in [1.165, 1.54) is 5.56 Å². The van der Waals surface area contributed by atoms with E-state index in [1.54, 1.807) is 6.20 Å². The molecule has 3 aromatic rings. The number of nitrogens with zero attached hydrogens (tertiary/aromatic N) is 3. The molecule has 34 heavy (non-hydrogen) atoms. The molecule has 2 aromatic carbocycles. The Bertz CT molecular complexity index is 1150. The van der Waals surface area contributed by atoms with Crippen molar-refractivity contribution in [2.24, 2.45) is 11.7 Å². The maximum Gasteiger partial charge on any atom is 0.229 e. The summed E-state index contributed by atoms with van der Waals surface area (Å²) in [7, 11) is 0. The van der Waals surface area contributed by atoms with Crippen molar-refractivity contribution in [2.45, 2.75) is 32.7 Å². The van der Waals surface area contributed by atoms with Crippen molar-refractivity contribution in [1.29, 1.82) is 0 Å². The summed E-state index contributed by atoms with van der Waals surface area (Å²) in [5, 5.41) is 6.27. The lowest BCUT2D eigenvalue weighted by atomic mass is 9.97. The quantitative estimate of drug-likeness (QED) is 0.478. The number of hydrogen-bond acceptors (Lipinski definition) is 6. The summed E-state index contributed by atoms with van der Waals surface area (Å²) < 4.78 is 0. The van der Waals surface area contributed by atoms with E-state index in [0.717, 1.165) is 42.0 Å². The highest BCUT2D eigenvalue weighted by Gasteiger charge is 2.26. The van der Waals surface area contributed by atoms with Crippen LogP contribution in [-0.2, 0) is 22.6 Å². The number of primary amides is 1. The van der Waals surface area contributed by atoms with Gasteiger partial charge in [-0.25, -0.2) is 4.98 Å². The molecule has 0 saturated carbocycles. The Morgan fingerprint density at radius 2 is 1.94 bits per heavy atom. The van der Waals surface area contributed by atoms with Crippen LogP contribution in [0.3, 0.4) is 0 Å². The molecule has 1 fully saturated rings. The number of rotatable bonds is 8. The SMILES string of the molecule is Cc1ccc(CNC(=O)[C@H]2CCCN(c3ccnc(Nc4cccc(CC(N)=O)c4)n3)C2)cc1. The Balaban J connectivity index is 1.37. The van der Waals surface area contributed by atoms with Gasteiger partial charge in [0.05, 0.1) is 12.3 Å². The zero-order valence-corrected chi connectivity index (χ0v) is 19.3. The molecule has 0 bridgehead atoms. The van der Waals surface area contributed by atoms with Crippen LogP contribution in [0.15, 0.2) is 60.8 Å². The second-order valence-corrected chi connectivity index (χ2v) is 8.70. The fourth-order valence-corrected chi connectivity index (χ4v) is 4.11. The van der Waals surface area contributed by atoms with E-state index in [0.29, 0.717) is 19.0 Å². The number of benzene rings is 2. The number of piperidine rings is 1. The average molecular weight is 459 g/mol. The lowest BCUT2D eigenvalue weighted by Gasteiger charge is -2.33. The molecular weight excluding hydrogens is 428 g/mol. The van der Waals surface area contributed by atoms with Crippen LogP contribution in [0.5, 0.6) is 0 Å². The van der Waals surface area contributed by atoms with Gasteiger partial charge >= 0.3 is 0 Å². The van der Waals surface area contributed by atoms with Gasteiger partial charge in [-0.1, -0.05) is 42.0 Å². The van der Waals surface area contributed by atoms with E-state index in [9.17, 15) is 9.59 Å². The van der Waals surface area contributed by atoms with Crippen LogP contribution in [0.1, 0.15) is 29.5 Å². The van der Waals surface area contributed by atoms with Crippen molar-refractivity contribution in [3.63, 3.8) is 0 Å². The van der Waals surface area contributed by atoms with E-state index in [2.05, 4.69) is 37.6 Å². The first-order valence-corrected chi connectivity index (χ1v) is 11.5. The highest BCUT2D eigenvalue weighted by molar-refractivity contribution is 5.79. The third-order valence-electron chi connectivity index (χ3n) is 5.91. The summed E-state index contributed by atoms with van der Waals surface area (Å²) >= 11 is 0. The van der Waals surface area contributed by atoms with Gasteiger partial charge in [0.2, 0.25) is 17.8 Å². The minimum absolute atomic E-state index is 0.0731. The highest BCUT2D eigenvalue weighted by atomic mass is 16.2. The number of nitrogens with one attached hydrogen (secondary N) is 2. The van der Waals surface area contributed by atoms with Crippen LogP contribution < -0.4 is 21.3 Å². The van der Waals surface area contributed by atoms with Gasteiger partial charge in [-0.05, 0) is 49.1 Å². The Kier molecular flexibility index (Phi) is 7.37. The molecule has 176 valence electrons. The summed E-state index contributed by atoms with van der Waals surface area (Å²) in [6.45, 7) is 4.04. The van der Waals surface area contributed by atoms with Gasteiger partial charge in [0.1, 0.15) is 5.82 Å². The van der Waals surface area contributed by atoms with Crippen LogP contribution in [0.4, 0.5) is 17.5 Å². The van der Waals surface area contributed by atoms with Gasteiger partial charge < -0.3 is 21.3 Å². The van der Waals surface area contributed by atoms with Crippen LogP contribution in [0.25, 0.3) is 0 Å². The van der Waals surface area contributed by atoms with E-state index < -0.39 is 0 Å². The molecule has 4 N–H and O–H groups in total. The molecule has 0 radical (unpaired) electrons. The minimum Gasteiger partial charge on any atom is -0.369 e. The van der Waals surface area contributed by atoms with E-state index in [1.807, 2.05) is 49.4 Å². The van der Waals surface area contributed by atoms with Gasteiger partial charge in [-0.2, -0.15) is 4.98 Å². The number of nitrogens with two attached hydrogens (primary N) is 1. The van der Waals surface area contributed by atoms with Crippen molar-refractivity contribution < 1.29 is 9.59 Å². The molecule has 2 amide bonds. The Morgan fingerprint density at radius 3 is 2.74 bits per heavy atom. The fourth-order valence-electron chi connectivity index (χ4n) is 4.11. The molecule has 8 nitrogen and oxygen atoms in total. The maximum absolute atomic E-state index is 12.8. The summed E-state index contributed by atoms with van der Waals surface area (Å²) in [6.07, 6.45) is 3.67. The lowest BCUT2D eigenvalue weighted by molar-refractivity contribution is -0.125. The fraction of sp³-hybridized carbons (Fsp3) is 0.308. The first kappa shape index (κ1) is 23.2. The predicted molar refractivity (Wildman–Crippen MR) is 133 cm³/mol. The van der Waals surface area contributed by atoms with Crippen molar-refractivity contribution in [2.75, 3.05) is 23.3 Å². The summed E-state index contributed by atoms with van der Waals surface area (Å²) in [6, 6.07) is 17.5. The summed E-state index contributed by atoms with van der Waals surface area (Å²) in [5.41, 5.74) is 9.20. The molecule has 2 heterocycles. The number of carbonyl (C=O) groups is 2. The van der Waals surface area contributed by atoms with Crippen molar-refractivity contribution in [1.82, 2.24) is 15.3 Å². The summed E-state index contributed by atoms with van der Waals surface area (Å²) in [4.78, 5) is 35.1. The molecular formula is C26H30N6O2. The second kappa shape index (κ2) is 10.8.